The van der Waals surface area contributed by atoms with Gasteiger partial charge in [0.15, 0.2) is 0 Å². The van der Waals surface area contributed by atoms with Crippen LogP contribution in [0.3, 0.4) is 0 Å². The number of hydrogen-bond donors (Lipinski definition) is 0. The van der Waals surface area contributed by atoms with Crippen LogP contribution in [0, 0.1) is 0 Å². The second kappa shape index (κ2) is 2.59. The van der Waals surface area contributed by atoms with Gasteiger partial charge in [-0.1, -0.05) is 0 Å². The van der Waals surface area contributed by atoms with Crippen LogP contribution in [0.25, 0.3) is 0 Å². The molecule has 1 aliphatic rings. The van der Waals surface area contributed by atoms with Gasteiger partial charge in [-0.3, -0.25) is 0 Å². The Morgan fingerprint density at radius 2 is 2.25 bits per heavy atom. The van der Waals surface area contributed by atoms with Crippen molar-refractivity contribution >= 4 is 0 Å². The van der Waals surface area contributed by atoms with Crippen LogP contribution in [0.2, 0.25) is 11.0 Å². The molecule has 0 fully saturated rings. The average molecular weight is 196 g/mol. The average Bonchev–Trinajstić information content (AvgIpc) is 2.12. The molecule has 0 heterocycles. The third kappa shape index (κ3) is 1.29. The quantitative estimate of drug-likeness (QED) is 0.565. The first-order valence-corrected chi connectivity index (χ1v) is 6.95. The first-order valence-electron chi connectivity index (χ1n) is 2.60. The van der Waals surface area contributed by atoms with E-state index in [2.05, 4.69) is 29.3 Å². The van der Waals surface area contributed by atoms with E-state index in [-0.39, 0.29) is 0 Å². The van der Waals surface area contributed by atoms with Crippen molar-refractivity contribution in [2.45, 2.75) is 17.5 Å². The van der Waals surface area contributed by atoms with Gasteiger partial charge in [0.2, 0.25) is 0 Å². The van der Waals surface area contributed by atoms with Crippen LogP contribution in [-0.4, -0.2) is 0 Å². The van der Waals surface area contributed by atoms with E-state index >= 15 is 0 Å². The van der Waals surface area contributed by atoms with Gasteiger partial charge in [-0.2, -0.15) is 0 Å². The molecule has 0 nitrogen and oxygen atoms in total. The van der Waals surface area contributed by atoms with E-state index in [9.17, 15) is 0 Å². The maximum absolute atomic E-state index is 2.38. The van der Waals surface area contributed by atoms with E-state index < -0.39 is 16.0 Å². The molecule has 0 aromatic carbocycles. The van der Waals surface area contributed by atoms with Crippen molar-refractivity contribution < 1.29 is 16.0 Å². The van der Waals surface area contributed by atoms with Crippen LogP contribution in [0.15, 0.2) is 22.4 Å². The van der Waals surface area contributed by atoms with Crippen LogP contribution in [-0.2, 0) is 16.0 Å². The number of hydrogen-bond acceptors (Lipinski definition) is 0. The summed E-state index contributed by atoms with van der Waals surface area (Å²) in [6.07, 6.45) is 7.93. The van der Waals surface area contributed by atoms with Gasteiger partial charge in [0.25, 0.3) is 0 Å². The van der Waals surface area contributed by atoms with Gasteiger partial charge in [-0.25, -0.2) is 0 Å². The molecule has 0 amide bonds. The summed E-state index contributed by atoms with van der Waals surface area (Å²) in [5.41, 5.74) is 4.76. The monoisotopic (exact) mass is 197 g/mol. The SMILES string of the molecule is [CH3][Ru]([CH3])[C]1=CC=CC1. The van der Waals surface area contributed by atoms with Crippen molar-refractivity contribution in [3.63, 3.8) is 0 Å². The van der Waals surface area contributed by atoms with Gasteiger partial charge in [-0.15, -0.1) is 0 Å². The summed E-state index contributed by atoms with van der Waals surface area (Å²) < 4.78 is 1.70. The predicted octanol–water partition coefficient (Wildman–Crippen LogP) is 2.54. The molecule has 0 atom stereocenters. The summed E-state index contributed by atoms with van der Waals surface area (Å²) in [5.74, 6) is 0. The Bertz CT molecular complexity index is 131. The normalized spacial score (nSPS) is 18.8. The Morgan fingerprint density at radius 1 is 1.50 bits per heavy atom. The minimum absolute atomic E-state index is 0.462. The molecule has 47 valence electrons. The number of allylic oxidation sites excluding steroid dienone is 4. The molecule has 1 heteroatoms. The van der Waals surface area contributed by atoms with Crippen molar-refractivity contribution in [2.24, 2.45) is 0 Å². The first-order chi connectivity index (χ1) is 3.80. The van der Waals surface area contributed by atoms with Crippen molar-refractivity contribution in [2.75, 3.05) is 0 Å². The van der Waals surface area contributed by atoms with E-state index in [1.165, 1.54) is 6.42 Å². The molecule has 0 saturated carbocycles. The second-order valence-corrected chi connectivity index (χ2v) is 6.53. The molecule has 0 bridgehead atoms. The molecular formula is C7H11Ru. The summed E-state index contributed by atoms with van der Waals surface area (Å²) in [4.78, 5) is 0. The maximum atomic E-state index is 2.38. The molecule has 1 rings (SSSR count). The molecule has 0 spiro atoms. The van der Waals surface area contributed by atoms with Crippen LogP contribution in [0.5, 0.6) is 0 Å². The molecule has 0 radical (unpaired) electrons. The standard InChI is InChI=1S/C5H5.2CH3.Ru/c1-2-4-5-3-1;;;/h1-3H,4H2;2*1H3;. The third-order valence-corrected chi connectivity index (χ3v) is 4.05. The van der Waals surface area contributed by atoms with E-state index in [1.54, 1.807) is 4.17 Å². The molecular weight excluding hydrogens is 185 g/mol. The van der Waals surface area contributed by atoms with Crippen LogP contribution < -0.4 is 0 Å². The Morgan fingerprint density at radius 3 is 2.50 bits per heavy atom. The summed E-state index contributed by atoms with van der Waals surface area (Å²) in [7, 11) is 0. The van der Waals surface area contributed by atoms with Crippen molar-refractivity contribution in [1.29, 1.82) is 0 Å². The topological polar surface area (TPSA) is 0 Å². The molecule has 0 aliphatic heterocycles. The fraction of sp³-hybridized carbons (Fsp3) is 0.429. The molecule has 0 saturated heterocycles. The molecule has 0 unspecified atom stereocenters. The number of rotatable bonds is 1. The van der Waals surface area contributed by atoms with E-state index in [0.717, 1.165) is 0 Å². The van der Waals surface area contributed by atoms with Crippen molar-refractivity contribution in [3.05, 3.63) is 22.4 Å². The molecule has 0 aromatic heterocycles. The fourth-order valence-corrected chi connectivity index (χ4v) is 2.34. The van der Waals surface area contributed by atoms with Crippen LogP contribution in [0.4, 0.5) is 0 Å². The van der Waals surface area contributed by atoms with Gasteiger partial charge in [0.1, 0.15) is 0 Å². The molecule has 0 aromatic rings. The zero-order chi connectivity index (χ0) is 5.98. The van der Waals surface area contributed by atoms with Crippen LogP contribution >= 0.6 is 0 Å². The summed E-state index contributed by atoms with van der Waals surface area (Å²) >= 11 is -0.462. The van der Waals surface area contributed by atoms with Gasteiger partial charge < -0.3 is 0 Å². The van der Waals surface area contributed by atoms with Gasteiger partial charge in [-0.05, 0) is 0 Å². The Balaban J connectivity index is 2.51. The first kappa shape index (κ1) is 6.23. The molecule has 1 aliphatic carbocycles. The van der Waals surface area contributed by atoms with E-state index in [1.807, 2.05) is 0 Å². The van der Waals surface area contributed by atoms with E-state index in [4.69, 9.17) is 0 Å². The zero-order valence-corrected chi connectivity index (χ0v) is 7.03. The predicted molar refractivity (Wildman–Crippen MR) is 33.6 cm³/mol. The van der Waals surface area contributed by atoms with Gasteiger partial charge >= 0.3 is 55.8 Å². The minimum atomic E-state index is -0.462. The van der Waals surface area contributed by atoms with E-state index in [0.29, 0.717) is 0 Å². The van der Waals surface area contributed by atoms with Gasteiger partial charge in [0, 0.05) is 0 Å². The van der Waals surface area contributed by atoms with Gasteiger partial charge in [0.05, 0.1) is 0 Å². The Labute approximate surface area is 56.2 Å². The Kier molecular flexibility index (Phi) is 2.02. The van der Waals surface area contributed by atoms with Crippen LogP contribution in [0.1, 0.15) is 6.42 Å². The fourth-order valence-electron chi connectivity index (χ4n) is 0.678. The second-order valence-electron chi connectivity index (χ2n) is 1.94. The zero-order valence-electron chi connectivity index (χ0n) is 5.29. The summed E-state index contributed by atoms with van der Waals surface area (Å²) in [6.45, 7) is 0. The van der Waals surface area contributed by atoms with Crippen molar-refractivity contribution in [3.8, 4) is 0 Å². The van der Waals surface area contributed by atoms with Crippen molar-refractivity contribution in [1.82, 2.24) is 0 Å². The Hall–Kier alpha value is 0.103. The third-order valence-electron chi connectivity index (χ3n) is 1.17. The molecule has 0 N–H and O–H groups in total. The summed E-state index contributed by atoms with van der Waals surface area (Å²) in [5, 5.41) is 0. The summed E-state index contributed by atoms with van der Waals surface area (Å²) in [6, 6.07) is 0. The molecule has 8 heavy (non-hydrogen) atoms.